The second kappa shape index (κ2) is 12.3. The first-order valence-corrected chi connectivity index (χ1v) is 14.9. The van der Waals surface area contributed by atoms with Gasteiger partial charge in [0.15, 0.2) is 12.1 Å². The number of rotatable bonds is 6. The summed E-state index contributed by atoms with van der Waals surface area (Å²) in [6, 6.07) is 3.05. The number of amides is 1. The van der Waals surface area contributed by atoms with Crippen LogP contribution < -0.4 is 22.2 Å². The zero-order valence-electron chi connectivity index (χ0n) is 26.7. The molecule has 1 aliphatic heterocycles. The van der Waals surface area contributed by atoms with Crippen LogP contribution in [0.5, 0.6) is 0 Å². The van der Waals surface area contributed by atoms with E-state index in [4.69, 9.17) is 5.73 Å². The fraction of sp³-hybridized carbons (Fsp3) is 0.364. The van der Waals surface area contributed by atoms with Crippen LogP contribution in [0, 0.1) is 11.3 Å². The van der Waals surface area contributed by atoms with E-state index in [-0.39, 0.29) is 58.3 Å². The topological polar surface area (TPSA) is 158 Å². The number of allylic oxidation sites excluding steroid dienone is 1. The minimum atomic E-state index is -0.730. The number of aryl methyl sites for hydroxylation is 1. The van der Waals surface area contributed by atoms with Crippen molar-refractivity contribution >= 4 is 29.5 Å². The monoisotopic (exact) mass is 628 g/mol. The maximum Gasteiger partial charge on any atom is 0.283 e. The summed E-state index contributed by atoms with van der Waals surface area (Å²) < 4.78 is 17.6. The van der Waals surface area contributed by atoms with Gasteiger partial charge in [0.05, 0.1) is 30.4 Å². The molecular weight excluding hydrogens is 591 g/mol. The molecule has 0 saturated carbocycles. The van der Waals surface area contributed by atoms with Crippen LogP contribution in [0.2, 0.25) is 0 Å². The van der Waals surface area contributed by atoms with Gasteiger partial charge in [0.2, 0.25) is 5.91 Å². The lowest BCUT2D eigenvalue weighted by Gasteiger charge is -2.32. The van der Waals surface area contributed by atoms with E-state index in [1.807, 2.05) is 34.6 Å². The highest BCUT2D eigenvalue weighted by Crippen LogP contribution is 2.37. The summed E-state index contributed by atoms with van der Waals surface area (Å²) in [7, 11) is 1.53. The molecule has 1 aliphatic carbocycles. The Labute approximate surface area is 265 Å². The Morgan fingerprint density at radius 1 is 1.22 bits per heavy atom. The third-order valence-corrected chi connectivity index (χ3v) is 8.28. The highest BCUT2D eigenvalue weighted by atomic mass is 19.1. The molecule has 1 fully saturated rings. The molecule has 1 saturated heterocycles. The van der Waals surface area contributed by atoms with Crippen molar-refractivity contribution in [2.24, 2.45) is 29.1 Å². The number of halogens is 1. The van der Waals surface area contributed by atoms with Gasteiger partial charge in [0.25, 0.3) is 11.1 Å². The van der Waals surface area contributed by atoms with Gasteiger partial charge in [0.1, 0.15) is 17.3 Å². The predicted octanol–water partition coefficient (Wildman–Crippen LogP) is 3.05. The number of carbonyl (C=O) groups is 2. The van der Waals surface area contributed by atoms with Crippen LogP contribution in [0.3, 0.4) is 0 Å². The Balaban J connectivity index is 1.55. The van der Waals surface area contributed by atoms with Gasteiger partial charge in [-0.15, -0.1) is 0 Å². The van der Waals surface area contributed by atoms with Gasteiger partial charge in [-0.3, -0.25) is 19.2 Å². The van der Waals surface area contributed by atoms with Gasteiger partial charge in [0, 0.05) is 42.8 Å². The number of pyridine rings is 2. The summed E-state index contributed by atoms with van der Waals surface area (Å²) in [4.78, 5) is 61.6. The smallest absolute Gasteiger partial charge is 0.283 e. The lowest BCUT2D eigenvalue weighted by atomic mass is 9.74. The molecule has 3 aromatic rings. The molecule has 12 nitrogen and oxygen atoms in total. The quantitative estimate of drug-likeness (QED) is 0.240. The van der Waals surface area contributed by atoms with Crippen LogP contribution in [-0.2, 0) is 18.3 Å². The molecule has 1 amide bonds. The van der Waals surface area contributed by atoms with E-state index in [1.54, 1.807) is 17.0 Å². The van der Waals surface area contributed by atoms with Gasteiger partial charge in [-0.05, 0) is 60.9 Å². The first-order chi connectivity index (χ1) is 21.7. The van der Waals surface area contributed by atoms with E-state index in [2.05, 4.69) is 20.4 Å². The number of carbonyl (C=O) groups excluding carboxylic acids is 2. The van der Waals surface area contributed by atoms with E-state index < -0.39 is 16.9 Å². The summed E-state index contributed by atoms with van der Waals surface area (Å²) in [6.45, 7) is 10.3. The summed E-state index contributed by atoms with van der Waals surface area (Å²) in [5.74, 6) is -0.827. The molecule has 3 aromatic heterocycles. The number of piperazine rings is 1. The first kappa shape index (κ1) is 32.2. The third kappa shape index (κ3) is 6.17. The highest BCUT2D eigenvalue weighted by molar-refractivity contribution is 5.95. The largest absolute Gasteiger partial charge is 0.384 e. The van der Waals surface area contributed by atoms with E-state index in [0.29, 0.717) is 41.6 Å². The number of nitrogens with one attached hydrogen (secondary N) is 1. The third-order valence-electron chi connectivity index (χ3n) is 8.28. The van der Waals surface area contributed by atoms with Crippen molar-refractivity contribution < 1.29 is 14.0 Å². The Bertz CT molecular complexity index is 1950. The number of hydrogen-bond donors (Lipinski definition) is 2. The van der Waals surface area contributed by atoms with Crippen molar-refractivity contribution in [3.05, 3.63) is 86.0 Å². The van der Waals surface area contributed by atoms with E-state index in [0.717, 1.165) is 4.68 Å². The highest BCUT2D eigenvalue weighted by Gasteiger charge is 2.32. The number of fused-ring (bicyclic) bond motifs is 1. The van der Waals surface area contributed by atoms with Crippen LogP contribution in [-0.4, -0.2) is 61.4 Å². The Hall–Kier alpha value is -5.20. The normalized spacial score (nSPS) is 18.0. The lowest BCUT2D eigenvalue weighted by Crippen LogP contribution is -2.49. The average molecular weight is 629 g/mol. The number of aldehydes is 1. The molecular formula is C33H37FN8O4. The van der Waals surface area contributed by atoms with Crippen LogP contribution in [0.25, 0.3) is 22.8 Å². The predicted molar refractivity (Wildman–Crippen MR) is 174 cm³/mol. The second-order valence-electron chi connectivity index (χ2n) is 12.9. The number of amidine groups is 1. The second-order valence-corrected chi connectivity index (χ2v) is 12.9. The fourth-order valence-electron chi connectivity index (χ4n) is 5.62. The number of aliphatic imine (C=N–C) groups is 1. The van der Waals surface area contributed by atoms with Crippen molar-refractivity contribution in [2.75, 3.05) is 13.1 Å². The van der Waals surface area contributed by atoms with Gasteiger partial charge >= 0.3 is 0 Å². The van der Waals surface area contributed by atoms with Gasteiger partial charge in [-0.25, -0.2) is 14.4 Å². The molecule has 0 aromatic carbocycles. The van der Waals surface area contributed by atoms with E-state index in [9.17, 15) is 19.2 Å². The number of nitrogens with zero attached hydrogens (tertiary/aromatic N) is 6. The van der Waals surface area contributed by atoms with Crippen molar-refractivity contribution in [1.82, 2.24) is 29.5 Å². The molecule has 2 aliphatic rings. The molecule has 46 heavy (non-hydrogen) atoms. The van der Waals surface area contributed by atoms with Crippen molar-refractivity contribution in [2.45, 2.75) is 47.1 Å². The molecule has 13 heteroatoms. The van der Waals surface area contributed by atoms with Gasteiger partial charge in [-0.2, -0.15) is 9.78 Å². The number of aromatic nitrogens is 4. The molecule has 3 N–H and O–H groups in total. The summed E-state index contributed by atoms with van der Waals surface area (Å²) in [5, 5.41) is 7.30. The molecule has 4 heterocycles. The zero-order chi connectivity index (χ0) is 33.5. The Kier molecular flexibility index (Phi) is 8.61. The molecule has 5 rings (SSSR count). The molecule has 0 radical (unpaired) electrons. The SMILES string of the molecule is CC(C)N1C/C(=C/C(N)=Nc2cc(-c3ccnc(-n4ncc5c(c4=O)C(F)=CC(C(C)(C)C)C5)c3C=O)cn(C)c2=O)NCC1=O. The molecule has 1 atom stereocenters. The van der Waals surface area contributed by atoms with Crippen LogP contribution in [0.4, 0.5) is 10.1 Å². The fourth-order valence-corrected chi connectivity index (χ4v) is 5.62. The summed E-state index contributed by atoms with van der Waals surface area (Å²) in [6.07, 6.45) is 8.40. The molecule has 0 spiro atoms. The van der Waals surface area contributed by atoms with Crippen LogP contribution >= 0.6 is 0 Å². The summed E-state index contributed by atoms with van der Waals surface area (Å²) >= 11 is 0. The standard InChI is InChI=1S/C33H37FN8O4/c1-18(2)41-16-22(37-14-28(41)44)12-27(35)39-26-10-20(15-40(6)31(26)45)23-7-8-36-30(24(23)17-43)42-32(46)29-19(13-38-42)9-21(11-25(29)34)33(3,4)5/h7-8,10-13,15,17-18,21,37H,9,14,16H2,1-6H3,(H2,35,39)/b22-12-. The van der Waals surface area contributed by atoms with Crippen molar-refractivity contribution in [1.29, 1.82) is 0 Å². The summed E-state index contributed by atoms with van der Waals surface area (Å²) in [5.41, 5.74) is 6.67. The van der Waals surface area contributed by atoms with Crippen LogP contribution in [0.1, 0.15) is 56.1 Å². The minimum absolute atomic E-state index is 0.00100. The molecule has 1 unspecified atom stereocenters. The lowest BCUT2D eigenvalue weighted by molar-refractivity contribution is -0.132. The maximum atomic E-state index is 15.3. The van der Waals surface area contributed by atoms with Crippen molar-refractivity contribution in [3.63, 3.8) is 0 Å². The first-order valence-electron chi connectivity index (χ1n) is 14.9. The van der Waals surface area contributed by atoms with Gasteiger partial charge in [-0.1, -0.05) is 20.8 Å². The van der Waals surface area contributed by atoms with Crippen molar-refractivity contribution in [3.8, 4) is 16.9 Å². The molecule has 0 bridgehead atoms. The Morgan fingerprint density at radius 2 is 1.96 bits per heavy atom. The average Bonchev–Trinajstić information content (AvgIpc) is 2.99. The van der Waals surface area contributed by atoms with Gasteiger partial charge < -0.3 is 20.5 Å². The van der Waals surface area contributed by atoms with E-state index >= 15 is 4.39 Å². The molecule has 240 valence electrons. The van der Waals surface area contributed by atoms with Crippen LogP contribution in [0.15, 0.2) is 63.2 Å². The maximum absolute atomic E-state index is 15.3. The number of hydrogen-bond acceptors (Lipinski definition) is 8. The minimum Gasteiger partial charge on any atom is -0.384 e. The number of nitrogens with two attached hydrogens (primary N) is 1. The zero-order valence-corrected chi connectivity index (χ0v) is 26.7. The Morgan fingerprint density at radius 3 is 2.63 bits per heavy atom. The van der Waals surface area contributed by atoms with E-state index in [1.165, 1.54) is 42.3 Å².